The van der Waals surface area contributed by atoms with Crippen molar-refractivity contribution in [1.82, 2.24) is 0 Å². The average Bonchev–Trinajstić information content (AvgIpc) is 2.19. The molecule has 0 spiro atoms. The van der Waals surface area contributed by atoms with Crippen LogP contribution in [0.4, 0.5) is 0 Å². The van der Waals surface area contributed by atoms with Crippen LogP contribution in [-0.2, 0) is 4.74 Å². The Kier molecular flexibility index (Phi) is 5.34. The minimum atomic E-state index is 0.277. The molecule has 0 bridgehead atoms. The topological polar surface area (TPSA) is 29.5 Å². The molecule has 1 unspecified atom stereocenters. The van der Waals surface area contributed by atoms with Crippen molar-refractivity contribution in [3.8, 4) is 0 Å². The van der Waals surface area contributed by atoms with Crippen molar-refractivity contribution in [2.45, 2.75) is 38.2 Å². The van der Waals surface area contributed by atoms with Gasteiger partial charge in [0.2, 0.25) is 0 Å². The number of allylic oxidation sites excluding steroid dienone is 2. The van der Waals surface area contributed by atoms with E-state index in [0.29, 0.717) is 6.61 Å². The van der Waals surface area contributed by atoms with Crippen LogP contribution in [0, 0.1) is 0 Å². The Balaban J connectivity index is 1.93. The number of hydrogen-bond donors (Lipinski definition) is 1. The molecule has 0 amide bonds. The number of unbranched alkanes of at least 4 members (excludes halogenated alkanes) is 3. The third-order valence-corrected chi connectivity index (χ3v) is 2.17. The first-order valence-corrected chi connectivity index (χ1v) is 5.03. The van der Waals surface area contributed by atoms with E-state index in [9.17, 15) is 0 Å². The van der Waals surface area contributed by atoms with Gasteiger partial charge in [0.1, 0.15) is 6.10 Å². The van der Waals surface area contributed by atoms with Gasteiger partial charge in [-0.15, -0.1) is 0 Å². The van der Waals surface area contributed by atoms with Crippen LogP contribution in [0.1, 0.15) is 32.1 Å². The number of rotatable bonds is 6. The van der Waals surface area contributed by atoms with E-state index < -0.39 is 0 Å². The zero-order valence-electron chi connectivity index (χ0n) is 7.98. The second-order valence-corrected chi connectivity index (χ2v) is 3.31. The fourth-order valence-electron chi connectivity index (χ4n) is 1.40. The molecule has 0 saturated heterocycles. The lowest BCUT2D eigenvalue weighted by atomic mass is 10.1. The van der Waals surface area contributed by atoms with Gasteiger partial charge in [0.05, 0.1) is 6.26 Å². The number of ether oxygens (including phenoxy) is 1. The summed E-state index contributed by atoms with van der Waals surface area (Å²) in [6, 6.07) is 0. The lowest BCUT2D eigenvalue weighted by Crippen LogP contribution is -2.07. The summed E-state index contributed by atoms with van der Waals surface area (Å²) in [5.41, 5.74) is 0. The number of hydrogen-bond acceptors (Lipinski definition) is 2. The SMILES string of the molecule is OCCCCCCC1C=CC=CO1. The zero-order chi connectivity index (χ0) is 9.36. The van der Waals surface area contributed by atoms with E-state index in [2.05, 4.69) is 6.08 Å². The summed E-state index contributed by atoms with van der Waals surface area (Å²) in [5.74, 6) is 0. The molecular formula is C11H18O2. The van der Waals surface area contributed by atoms with Gasteiger partial charge < -0.3 is 9.84 Å². The second-order valence-electron chi connectivity index (χ2n) is 3.31. The second kappa shape index (κ2) is 6.72. The summed E-state index contributed by atoms with van der Waals surface area (Å²) in [6.45, 7) is 0.322. The number of aliphatic hydroxyl groups is 1. The highest BCUT2D eigenvalue weighted by Crippen LogP contribution is 2.12. The van der Waals surface area contributed by atoms with Crippen molar-refractivity contribution in [2.75, 3.05) is 6.61 Å². The van der Waals surface area contributed by atoms with Crippen molar-refractivity contribution < 1.29 is 9.84 Å². The molecule has 1 aliphatic heterocycles. The molecular weight excluding hydrogens is 164 g/mol. The van der Waals surface area contributed by atoms with Crippen molar-refractivity contribution in [3.63, 3.8) is 0 Å². The molecule has 0 aliphatic carbocycles. The third kappa shape index (κ3) is 4.73. The van der Waals surface area contributed by atoms with E-state index in [4.69, 9.17) is 9.84 Å². The maximum absolute atomic E-state index is 8.57. The summed E-state index contributed by atoms with van der Waals surface area (Å²) in [4.78, 5) is 0. The fourth-order valence-corrected chi connectivity index (χ4v) is 1.40. The molecule has 1 N–H and O–H groups in total. The summed E-state index contributed by atoms with van der Waals surface area (Å²) in [6.07, 6.45) is 13.6. The first-order valence-electron chi connectivity index (χ1n) is 5.03. The predicted molar refractivity (Wildman–Crippen MR) is 53.3 cm³/mol. The zero-order valence-corrected chi connectivity index (χ0v) is 7.98. The van der Waals surface area contributed by atoms with Gasteiger partial charge in [-0.1, -0.05) is 18.9 Å². The molecule has 0 aromatic carbocycles. The van der Waals surface area contributed by atoms with E-state index in [1.165, 1.54) is 12.8 Å². The van der Waals surface area contributed by atoms with Gasteiger partial charge in [-0.2, -0.15) is 0 Å². The van der Waals surface area contributed by atoms with Crippen molar-refractivity contribution in [3.05, 3.63) is 24.5 Å². The van der Waals surface area contributed by atoms with Crippen molar-refractivity contribution in [2.24, 2.45) is 0 Å². The molecule has 2 heteroatoms. The maximum Gasteiger partial charge on any atom is 0.116 e. The Morgan fingerprint density at radius 1 is 1.08 bits per heavy atom. The summed E-state index contributed by atoms with van der Waals surface area (Å²) < 4.78 is 5.37. The Labute approximate surface area is 79.9 Å². The highest BCUT2D eigenvalue weighted by molar-refractivity contribution is 5.07. The van der Waals surface area contributed by atoms with Gasteiger partial charge in [-0.05, 0) is 31.4 Å². The molecule has 0 aromatic heterocycles. The van der Waals surface area contributed by atoms with Gasteiger partial charge in [0, 0.05) is 6.61 Å². The Hall–Kier alpha value is -0.760. The van der Waals surface area contributed by atoms with Crippen LogP contribution in [0.25, 0.3) is 0 Å². The van der Waals surface area contributed by atoms with Crippen LogP contribution >= 0.6 is 0 Å². The third-order valence-electron chi connectivity index (χ3n) is 2.17. The maximum atomic E-state index is 8.57. The van der Waals surface area contributed by atoms with E-state index in [1.807, 2.05) is 12.2 Å². The largest absolute Gasteiger partial charge is 0.494 e. The van der Waals surface area contributed by atoms with Crippen molar-refractivity contribution in [1.29, 1.82) is 0 Å². The monoisotopic (exact) mass is 182 g/mol. The molecule has 2 nitrogen and oxygen atoms in total. The van der Waals surface area contributed by atoms with Gasteiger partial charge in [-0.3, -0.25) is 0 Å². The van der Waals surface area contributed by atoms with Gasteiger partial charge in [0.25, 0.3) is 0 Å². The van der Waals surface area contributed by atoms with Crippen LogP contribution in [0.2, 0.25) is 0 Å². The standard InChI is InChI=1S/C11H18O2/c12-9-5-2-1-3-7-11-8-4-6-10-13-11/h4,6,8,10-12H,1-3,5,7,9H2. The molecule has 1 rings (SSSR count). The van der Waals surface area contributed by atoms with E-state index in [0.717, 1.165) is 19.3 Å². The molecule has 1 atom stereocenters. The van der Waals surface area contributed by atoms with Crippen LogP contribution < -0.4 is 0 Å². The van der Waals surface area contributed by atoms with Crippen LogP contribution in [-0.4, -0.2) is 17.8 Å². The van der Waals surface area contributed by atoms with E-state index in [1.54, 1.807) is 6.26 Å². The first-order chi connectivity index (χ1) is 6.43. The Bertz CT molecular complexity index is 173. The lowest BCUT2D eigenvalue weighted by Gasteiger charge is -2.14. The van der Waals surface area contributed by atoms with Gasteiger partial charge in [0.15, 0.2) is 0 Å². The first kappa shape index (κ1) is 10.3. The van der Waals surface area contributed by atoms with E-state index >= 15 is 0 Å². The van der Waals surface area contributed by atoms with Crippen LogP contribution in [0.3, 0.4) is 0 Å². The molecule has 0 radical (unpaired) electrons. The highest BCUT2D eigenvalue weighted by atomic mass is 16.5. The van der Waals surface area contributed by atoms with E-state index in [-0.39, 0.29) is 6.10 Å². The van der Waals surface area contributed by atoms with Crippen LogP contribution in [0.5, 0.6) is 0 Å². The summed E-state index contributed by atoms with van der Waals surface area (Å²) in [7, 11) is 0. The smallest absolute Gasteiger partial charge is 0.116 e. The minimum absolute atomic E-state index is 0.277. The summed E-state index contributed by atoms with van der Waals surface area (Å²) in [5, 5.41) is 8.57. The normalized spacial score (nSPS) is 20.2. The van der Waals surface area contributed by atoms with Gasteiger partial charge >= 0.3 is 0 Å². The Morgan fingerprint density at radius 2 is 1.92 bits per heavy atom. The Morgan fingerprint density at radius 3 is 2.62 bits per heavy atom. The molecule has 1 heterocycles. The number of aliphatic hydroxyl groups excluding tert-OH is 1. The lowest BCUT2D eigenvalue weighted by molar-refractivity contribution is 0.170. The summed E-state index contributed by atoms with van der Waals surface area (Å²) >= 11 is 0. The van der Waals surface area contributed by atoms with Gasteiger partial charge in [-0.25, -0.2) is 0 Å². The predicted octanol–water partition coefficient (Wildman–Crippen LogP) is 2.40. The molecule has 13 heavy (non-hydrogen) atoms. The molecule has 0 fully saturated rings. The highest BCUT2D eigenvalue weighted by Gasteiger charge is 2.04. The molecule has 0 saturated carbocycles. The fraction of sp³-hybridized carbons (Fsp3) is 0.636. The minimum Gasteiger partial charge on any atom is -0.494 e. The average molecular weight is 182 g/mol. The molecule has 1 aliphatic rings. The quantitative estimate of drug-likeness (QED) is 0.639. The molecule has 0 aromatic rings. The molecule has 74 valence electrons. The van der Waals surface area contributed by atoms with Crippen molar-refractivity contribution >= 4 is 0 Å². The van der Waals surface area contributed by atoms with Crippen LogP contribution in [0.15, 0.2) is 24.5 Å².